The van der Waals surface area contributed by atoms with E-state index in [0.29, 0.717) is 10.1 Å². The number of unbranched alkanes of at least 4 members (excludes halogenated alkanes) is 1. The number of hydrogen-bond donors (Lipinski definition) is 1. The molecule has 0 aromatic carbocycles. The van der Waals surface area contributed by atoms with Crippen LogP contribution in [-0.2, 0) is 0 Å². The Labute approximate surface area is 86.9 Å². The van der Waals surface area contributed by atoms with Crippen molar-refractivity contribution in [1.82, 2.24) is 15.1 Å². The van der Waals surface area contributed by atoms with Crippen LogP contribution in [0, 0.1) is 0 Å². The van der Waals surface area contributed by atoms with Crippen LogP contribution in [0.2, 0.25) is 0 Å². The minimum atomic E-state index is -0.104. The lowest BCUT2D eigenvalue weighted by molar-refractivity contribution is 0.0792. The Bertz CT molecular complexity index is 312. The van der Waals surface area contributed by atoms with Gasteiger partial charge in [0, 0.05) is 13.6 Å². The maximum absolute atomic E-state index is 11.6. The standard InChI is InChI=1S/C8H14N4OS/c1-3-4-5-12(2)7(13)6-10-11-8(9)14-6/h3-5H2,1-2H3,(H2,9,11). The number of rotatable bonds is 4. The van der Waals surface area contributed by atoms with E-state index in [1.54, 1.807) is 11.9 Å². The van der Waals surface area contributed by atoms with Gasteiger partial charge in [0.15, 0.2) is 0 Å². The Morgan fingerprint density at radius 1 is 1.57 bits per heavy atom. The van der Waals surface area contributed by atoms with Crippen LogP contribution < -0.4 is 5.73 Å². The first kappa shape index (κ1) is 10.9. The molecule has 0 aliphatic carbocycles. The molecule has 0 saturated heterocycles. The number of hydrogen-bond acceptors (Lipinski definition) is 5. The predicted octanol–water partition coefficient (Wildman–Crippen LogP) is 0.992. The van der Waals surface area contributed by atoms with Crippen molar-refractivity contribution in [2.24, 2.45) is 0 Å². The van der Waals surface area contributed by atoms with Gasteiger partial charge in [0.25, 0.3) is 5.91 Å². The average molecular weight is 214 g/mol. The molecule has 5 nitrogen and oxygen atoms in total. The van der Waals surface area contributed by atoms with Crippen molar-refractivity contribution in [2.45, 2.75) is 19.8 Å². The Kier molecular flexibility index (Phi) is 3.82. The molecule has 1 amide bonds. The summed E-state index contributed by atoms with van der Waals surface area (Å²) in [6.45, 7) is 2.83. The maximum Gasteiger partial charge on any atom is 0.284 e. The molecule has 0 radical (unpaired) electrons. The van der Waals surface area contributed by atoms with Crippen molar-refractivity contribution in [3.05, 3.63) is 5.01 Å². The van der Waals surface area contributed by atoms with Crippen molar-refractivity contribution in [3.63, 3.8) is 0 Å². The molecule has 6 heteroatoms. The van der Waals surface area contributed by atoms with Gasteiger partial charge in [0.2, 0.25) is 10.1 Å². The van der Waals surface area contributed by atoms with Crippen LogP contribution in [0.25, 0.3) is 0 Å². The van der Waals surface area contributed by atoms with Crippen molar-refractivity contribution in [2.75, 3.05) is 19.3 Å². The first-order valence-corrected chi connectivity index (χ1v) is 5.31. The summed E-state index contributed by atoms with van der Waals surface area (Å²) >= 11 is 1.12. The molecule has 1 aromatic heterocycles. The fraction of sp³-hybridized carbons (Fsp3) is 0.625. The lowest BCUT2D eigenvalue weighted by Gasteiger charge is -2.14. The van der Waals surface area contributed by atoms with E-state index in [-0.39, 0.29) is 5.91 Å². The summed E-state index contributed by atoms with van der Waals surface area (Å²) in [7, 11) is 1.76. The van der Waals surface area contributed by atoms with Gasteiger partial charge in [-0.2, -0.15) is 0 Å². The first-order valence-electron chi connectivity index (χ1n) is 4.49. The maximum atomic E-state index is 11.6. The van der Waals surface area contributed by atoms with Gasteiger partial charge in [-0.1, -0.05) is 24.7 Å². The summed E-state index contributed by atoms with van der Waals surface area (Å²) in [5.41, 5.74) is 5.39. The molecule has 0 aliphatic rings. The average Bonchev–Trinajstić information content (AvgIpc) is 2.60. The number of amides is 1. The molecule has 0 atom stereocenters. The van der Waals surface area contributed by atoms with Crippen LogP contribution >= 0.6 is 11.3 Å². The molecular formula is C8H14N4OS. The highest BCUT2D eigenvalue weighted by Crippen LogP contribution is 2.12. The zero-order chi connectivity index (χ0) is 10.6. The minimum Gasteiger partial charge on any atom is -0.374 e. The molecule has 14 heavy (non-hydrogen) atoms. The van der Waals surface area contributed by atoms with E-state index in [1.807, 2.05) is 0 Å². The second-order valence-electron chi connectivity index (χ2n) is 3.03. The Morgan fingerprint density at radius 2 is 2.29 bits per heavy atom. The molecule has 2 N–H and O–H groups in total. The first-order chi connectivity index (χ1) is 6.65. The fourth-order valence-corrected chi connectivity index (χ4v) is 1.59. The van der Waals surface area contributed by atoms with Gasteiger partial charge >= 0.3 is 0 Å². The van der Waals surface area contributed by atoms with Crippen molar-refractivity contribution in [1.29, 1.82) is 0 Å². The molecule has 0 fully saturated rings. The molecule has 78 valence electrons. The molecule has 1 rings (SSSR count). The molecule has 1 heterocycles. The molecule has 0 aliphatic heterocycles. The van der Waals surface area contributed by atoms with Crippen LogP contribution in [0.5, 0.6) is 0 Å². The lowest BCUT2D eigenvalue weighted by atomic mass is 10.3. The largest absolute Gasteiger partial charge is 0.374 e. The van der Waals surface area contributed by atoms with Gasteiger partial charge in [-0.25, -0.2) is 0 Å². The molecular weight excluding hydrogens is 200 g/mol. The van der Waals surface area contributed by atoms with E-state index in [1.165, 1.54) is 0 Å². The van der Waals surface area contributed by atoms with Gasteiger partial charge in [0.1, 0.15) is 0 Å². The van der Waals surface area contributed by atoms with E-state index >= 15 is 0 Å². The second kappa shape index (κ2) is 4.90. The van der Waals surface area contributed by atoms with E-state index in [2.05, 4.69) is 17.1 Å². The number of carbonyl (C=O) groups excluding carboxylic acids is 1. The lowest BCUT2D eigenvalue weighted by Crippen LogP contribution is -2.27. The topological polar surface area (TPSA) is 72.1 Å². The fourth-order valence-electron chi connectivity index (χ4n) is 0.981. The number of aromatic nitrogens is 2. The molecule has 0 spiro atoms. The zero-order valence-corrected chi connectivity index (χ0v) is 9.17. The summed E-state index contributed by atoms with van der Waals surface area (Å²) in [5.74, 6) is -0.104. The second-order valence-corrected chi connectivity index (χ2v) is 4.03. The van der Waals surface area contributed by atoms with Gasteiger partial charge in [-0.3, -0.25) is 4.79 Å². The summed E-state index contributed by atoms with van der Waals surface area (Å²) in [4.78, 5) is 13.3. The highest BCUT2D eigenvalue weighted by Gasteiger charge is 2.15. The van der Waals surface area contributed by atoms with Crippen LogP contribution in [0.15, 0.2) is 0 Å². The van der Waals surface area contributed by atoms with Crippen molar-refractivity contribution < 1.29 is 4.79 Å². The van der Waals surface area contributed by atoms with Gasteiger partial charge < -0.3 is 10.6 Å². The highest BCUT2D eigenvalue weighted by atomic mass is 32.1. The predicted molar refractivity (Wildman–Crippen MR) is 56.2 cm³/mol. The normalized spacial score (nSPS) is 10.1. The smallest absolute Gasteiger partial charge is 0.284 e. The number of nitrogens with two attached hydrogens (primary N) is 1. The SMILES string of the molecule is CCCCN(C)C(=O)c1nnc(N)s1. The van der Waals surface area contributed by atoms with Gasteiger partial charge in [0.05, 0.1) is 0 Å². The summed E-state index contributed by atoms with van der Waals surface area (Å²) in [6.07, 6.45) is 2.06. The quantitative estimate of drug-likeness (QED) is 0.811. The molecule has 0 saturated carbocycles. The number of nitrogen functional groups attached to an aromatic ring is 1. The van der Waals surface area contributed by atoms with Crippen LogP contribution in [-0.4, -0.2) is 34.6 Å². The van der Waals surface area contributed by atoms with Crippen LogP contribution in [0.1, 0.15) is 29.6 Å². The minimum absolute atomic E-state index is 0.104. The van der Waals surface area contributed by atoms with Crippen LogP contribution in [0.3, 0.4) is 0 Å². The molecule has 1 aromatic rings. The monoisotopic (exact) mass is 214 g/mol. The zero-order valence-electron chi connectivity index (χ0n) is 8.36. The van der Waals surface area contributed by atoms with Gasteiger partial charge in [-0.05, 0) is 6.42 Å². The summed E-state index contributed by atoms with van der Waals surface area (Å²) in [5, 5.41) is 7.99. The third-order valence-corrected chi connectivity index (χ3v) is 2.56. The Morgan fingerprint density at radius 3 is 2.79 bits per heavy atom. The van der Waals surface area contributed by atoms with E-state index in [0.717, 1.165) is 30.7 Å². The van der Waals surface area contributed by atoms with Crippen molar-refractivity contribution >= 4 is 22.4 Å². The van der Waals surface area contributed by atoms with E-state index in [4.69, 9.17) is 5.73 Å². The van der Waals surface area contributed by atoms with E-state index < -0.39 is 0 Å². The van der Waals surface area contributed by atoms with Crippen LogP contribution in [0.4, 0.5) is 5.13 Å². The van der Waals surface area contributed by atoms with Gasteiger partial charge in [-0.15, -0.1) is 10.2 Å². The number of carbonyl (C=O) groups is 1. The molecule has 0 bridgehead atoms. The number of nitrogens with zero attached hydrogens (tertiary/aromatic N) is 3. The molecule has 0 unspecified atom stereocenters. The number of anilines is 1. The van der Waals surface area contributed by atoms with Crippen molar-refractivity contribution in [3.8, 4) is 0 Å². The third kappa shape index (κ3) is 2.66. The highest BCUT2D eigenvalue weighted by molar-refractivity contribution is 7.16. The van der Waals surface area contributed by atoms with E-state index in [9.17, 15) is 4.79 Å². The summed E-state index contributed by atoms with van der Waals surface area (Å²) < 4.78 is 0. The Hall–Kier alpha value is -1.17. The third-order valence-electron chi connectivity index (χ3n) is 1.82. The Balaban J connectivity index is 2.56. The summed E-state index contributed by atoms with van der Waals surface area (Å²) in [6, 6.07) is 0.